The minimum Gasteiger partial charge on any atom is -0.338 e. The number of carbonyl (C=O) groups is 2. The van der Waals surface area contributed by atoms with Gasteiger partial charge in [0.15, 0.2) is 0 Å². The van der Waals surface area contributed by atoms with E-state index in [9.17, 15) is 14.0 Å². The molecule has 2 aromatic carbocycles. The van der Waals surface area contributed by atoms with Gasteiger partial charge in [-0.05, 0) is 30.7 Å². The van der Waals surface area contributed by atoms with Crippen LogP contribution in [-0.2, 0) is 11.8 Å². The summed E-state index contributed by atoms with van der Waals surface area (Å²) >= 11 is 0. The van der Waals surface area contributed by atoms with Gasteiger partial charge in [0.25, 0.3) is 5.91 Å². The van der Waals surface area contributed by atoms with Crippen molar-refractivity contribution in [3.05, 3.63) is 83.7 Å². The highest BCUT2D eigenvalue weighted by Gasteiger charge is 2.25. The van der Waals surface area contributed by atoms with Crippen LogP contribution in [0.4, 0.5) is 10.1 Å². The predicted octanol–water partition coefficient (Wildman–Crippen LogP) is 3.21. The molecule has 1 aliphatic rings. The smallest absolute Gasteiger partial charge is 0.252 e. The van der Waals surface area contributed by atoms with Crippen LogP contribution in [0.15, 0.2) is 60.9 Å². The fourth-order valence-corrected chi connectivity index (χ4v) is 3.60. The molecule has 1 aromatic heterocycles. The molecule has 1 aliphatic heterocycles. The average molecular weight is 392 g/mol. The number of amides is 2. The number of aromatic nitrogens is 2. The second kappa shape index (κ2) is 7.87. The molecule has 0 saturated carbocycles. The van der Waals surface area contributed by atoms with E-state index in [2.05, 4.69) is 10.3 Å². The molecule has 3 aromatic rings. The number of hydrogen-bond acceptors (Lipinski definition) is 3. The van der Waals surface area contributed by atoms with E-state index in [0.29, 0.717) is 35.6 Å². The average Bonchev–Trinajstić information content (AvgIpc) is 3.35. The maximum absolute atomic E-state index is 14.5. The molecule has 0 radical (unpaired) electrons. The molecule has 29 heavy (non-hydrogen) atoms. The van der Waals surface area contributed by atoms with Gasteiger partial charge in [-0.15, -0.1) is 0 Å². The lowest BCUT2D eigenvalue weighted by molar-refractivity contribution is -0.117. The summed E-state index contributed by atoms with van der Waals surface area (Å²) in [5, 5.41) is 2.90. The van der Waals surface area contributed by atoms with Gasteiger partial charge in [0.05, 0.1) is 0 Å². The Morgan fingerprint density at radius 2 is 2.03 bits per heavy atom. The van der Waals surface area contributed by atoms with Crippen LogP contribution in [-0.4, -0.2) is 27.9 Å². The largest absolute Gasteiger partial charge is 0.338 e. The van der Waals surface area contributed by atoms with Crippen LogP contribution in [0, 0.1) is 5.82 Å². The van der Waals surface area contributed by atoms with E-state index in [1.807, 2.05) is 6.07 Å². The van der Waals surface area contributed by atoms with Crippen molar-refractivity contribution >= 4 is 17.5 Å². The number of rotatable bonds is 5. The first-order valence-electron chi connectivity index (χ1n) is 9.47. The molecule has 1 atom stereocenters. The number of hydrogen-bond donors (Lipinski definition) is 1. The lowest BCUT2D eigenvalue weighted by Gasteiger charge is -2.21. The molecule has 6 nitrogen and oxygen atoms in total. The number of benzene rings is 2. The maximum atomic E-state index is 14.5. The summed E-state index contributed by atoms with van der Waals surface area (Å²) in [6, 6.07) is 12.5. The van der Waals surface area contributed by atoms with Crippen molar-refractivity contribution in [1.29, 1.82) is 0 Å². The van der Waals surface area contributed by atoms with Crippen LogP contribution < -0.4 is 10.2 Å². The van der Waals surface area contributed by atoms with Gasteiger partial charge in [-0.2, -0.15) is 0 Å². The number of carbonyl (C=O) groups excluding carboxylic acids is 2. The Hall–Kier alpha value is -3.48. The fourth-order valence-electron chi connectivity index (χ4n) is 3.60. The van der Waals surface area contributed by atoms with Crippen LogP contribution >= 0.6 is 0 Å². The summed E-state index contributed by atoms with van der Waals surface area (Å²) in [6.07, 6.45) is 4.68. The number of halogens is 1. The van der Waals surface area contributed by atoms with E-state index >= 15 is 0 Å². The molecule has 148 valence electrons. The van der Waals surface area contributed by atoms with Gasteiger partial charge >= 0.3 is 0 Å². The lowest BCUT2D eigenvalue weighted by atomic mass is 10.0. The maximum Gasteiger partial charge on any atom is 0.252 e. The highest BCUT2D eigenvalue weighted by atomic mass is 19.1. The van der Waals surface area contributed by atoms with E-state index in [-0.39, 0.29) is 11.8 Å². The Kier molecular flexibility index (Phi) is 5.12. The third-order valence-corrected chi connectivity index (χ3v) is 5.10. The van der Waals surface area contributed by atoms with Crippen molar-refractivity contribution in [3.63, 3.8) is 0 Å². The Labute approximate surface area is 168 Å². The summed E-state index contributed by atoms with van der Waals surface area (Å²) in [5.74, 6) is -0.207. The van der Waals surface area contributed by atoms with Gasteiger partial charge in [0.1, 0.15) is 17.7 Å². The Morgan fingerprint density at radius 3 is 2.72 bits per heavy atom. The van der Waals surface area contributed by atoms with Gasteiger partial charge in [-0.1, -0.05) is 24.3 Å². The quantitative estimate of drug-likeness (QED) is 0.725. The van der Waals surface area contributed by atoms with Crippen LogP contribution in [0.3, 0.4) is 0 Å². The summed E-state index contributed by atoms with van der Waals surface area (Å²) in [4.78, 5) is 31.0. The van der Waals surface area contributed by atoms with Crippen LogP contribution in [0.1, 0.15) is 40.6 Å². The molecule has 2 heterocycles. The van der Waals surface area contributed by atoms with Crippen molar-refractivity contribution < 1.29 is 14.0 Å². The molecule has 0 unspecified atom stereocenters. The summed E-state index contributed by atoms with van der Waals surface area (Å²) in [6.45, 7) is 0.648. The second-order valence-electron chi connectivity index (χ2n) is 7.02. The minimum atomic E-state index is -0.749. The second-order valence-corrected chi connectivity index (χ2v) is 7.02. The van der Waals surface area contributed by atoms with Crippen molar-refractivity contribution in [1.82, 2.24) is 14.9 Å². The van der Waals surface area contributed by atoms with E-state index < -0.39 is 11.9 Å². The van der Waals surface area contributed by atoms with Crippen molar-refractivity contribution in [2.75, 3.05) is 11.4 Å². The summed E-state index contributed by atoms with van der Waals surface area (Å²) < 4.78 is 16.2. The van der Waals surface area contributed by atoms with E-state index in [1.165, 1.54) is 6.07 Å². The van der Waals surface area contributed by atoms with Gasteiger partial charge in [0.2, 0.25) is 5.91 Å². The van der Waals surface area contributed by atoms with Crippen LogP contribution in [0.25, 0.3) is 0 Å². The zero-order valence-corrected chi connectivity index (χ0v) is 16.0. The van der Waals surface area contributed by atoms with Crippen LogP contribution in [0.5, 0.6) is 0 Å². The van der Waals surface area contributed by atoms with Crippen molar-refractivity contribution in [2.24, 2.45) is 7.05 Å². The third-order valence-electron chi connectivity index (χ3n) is 5.10. The first kappa shape index (κ1) is 18.9. The predicted molar refractivity (Wildman–Crippen MR) is 107 cm³/mol. The molecular weight excluding hydrogens is 371 g/mol. The monoisotopic (exact) mass is 392 g/mol. The number of aryl methyl sites for hydroxylation is 1. The van der Waals surface area contributed by atoms with Crippen molar-refractivity contribution in [2.45, 2.75) is 18.9 Å². The van der Waals surface area contributed by atoms with E-state index in [1.54, 1.807) is 65.3 Å². The van der Waals surface area contributed by atoms with Crippen LogP contribution in [0.2, 0.25) is 0 Å². The molecule has 7 heteroatoms. The van der Waals surface area contributed by atoms with Gasteiger partial charge in [-0.3, -0.25) is 9.59 Å². The number of imidazole rings is 1. The number of nitrogens with one attached hydrogen (secondary N) is 1. The number of anilines is 1. The molecule has 0 spiro atoms. The van der Waals surface area contributed by atoms with Gasteiger partial charge < -0.3 is 14.8 Å². The molecular formula is C22H21FN4O2. The standard InChI is InChI=1S/C22H21FN4O2/c1-26-13-11-24-21(26)20(17-8-2-3-9-18(17)23)25-22(29)15-6-4-7-16(14-15)27-12-5-10-19(27)28/h2-4,6-9,11,13-14,20H,5,10,12H2,1H3,(H,25,29)/t20-/m0/s1. The highest BCUT2D eigenvalue weighted by molar-refractivity contribution is 5.99. The first-order valence-corrected chi connectivity index (χ1v) is 9.47. The zero-order valence-electron chi connectivity index (χ0n) is 16.0. The Balaban J connectivity index is 1.65. The van der Waals surface area contributed by atoms with E-state index in [0.717, 1.165) is 6.42 Å². The minimum absolute atomic E-state index is 0.0554. The summed E-state index contributed by atoms with van der Waals surface area (Å²) in [5.41, 5.74) is 1.43. The van der Waals surface area contributed by atoms with Gasteiger partial charge in [-0.25, -0.2) is 9.37 Å². The molecule has 1 saturated heterocycles. The summed E-state index contributed by atoms with van der Waals surface area (Å²) in [7, 11) is 1.79. The Bertz CT molecular complexity index is 1060. The molecule has 1 N–H and O–H groups in total. The molecule has 2 amide bonds. The number of nitrogens with zero attached hydrogens (tertiary/aromatic N) is 3. The fraction of sp³-hybridized carbons (Fsp3) is 0.227. The molecule has 0 aliphatic carbocycles. The molecule has 0 bridgehead atoms. The molecule has 1 fully saturated rings. The SMILES string of the molecule is Cn1ccnc1[C@@H](NC(=O)c1cccc(N2CCCC2=O)c1)c1ccccc1F. The van der Waals surface area contributed by atoms with Crippen molar-refractivity contribution in [3.8, 4) is 0 Å². The topological polar surface area (TPSA) is 67.2 Å². The lowest BCUT2D eigenvalue weighted by Crippen LogP contribution is -2.32. The first-order chi connectivity index (χ1) is 14.0. The normalized spacial score (nSPS) is 14.8. The Morgan fingerprint density at radius 1 is 1.21 bits per heavy atom. The highest BCUT2D eigenvalue weighted by Crippen LogP contribution is 2.25. The molecule has 4 rings (SSSR count). The van der Waals surface area contributed by atoms with E-state index in [4.69, 9.17) is 0 Å². The van der Waals surface area contributed by atoms with Gasteiger partial charge in [0, 0.05) is 49.2 Å². The third kappa shape index (κ3) is 3.76. The zero-order chi connectivity index (χ0) is 20.4.